The number of halogens is 3. The van der Waals surface area contributed by atoms with Crippen molar-refractivity contribution >= 4 is 22.9 Å². The first kappa shape index (κ1) is 19.5. The van der Waals surface area contributed by atoms with Crippen LogP contribution in [0.25, 0.3) is 10.4 Å². The first-order valence-corrected chi connectivity index (χ1v) is 8.85. The quantitative estimate of drug-likeness (QED) is 0.670. The zero-order chi connectivity index (χ0) is 18.4. The molecule has 0 radical (unpaired) electrons. The number of anilines is 1. The maximum Gasteiger partial charge on any atom is 0.471 e. The minimum Gasteiger partial charge on any atom is -0.318 e. The molecule has 0 atom stereocenters. The van der Waals surface area contributed by atoms with Crippen LogP contribution in [0.5, 0.6) is 0 Å². The molecular formula is C18H21F3N2OS. The van der Waals surface area contributed by atoms with Crippen LogP contribution >= 0.6 is 11.3 Å². The van der Waals surface area contributed by atoms with E-state index in [1.807, 2.05) is 17.4 Å². The molecule has 1 aromatic carbocycles. The van der Waals surface area contributed by atoms with E-state index in [1.165, 1.54) is 17.0 Å². The fraction of sp³-hybridized carbons (Fsp3) is 0.389. The molecular weight excluding hydrogens is 349 g/mol. The average molecular weight is 370 g/mol. The summed E-state index contributed by atoms with van der Waals surface area (Å²) in [5.74, 6) is -1.30. The Balaban J connectivity index is 1.93. The largest absolute Gasteiger partial charge is 0.471 e. The van der Waals surface area contributed by atoms with Gasteiger partial charge in [0.1, 0.15) is 0 Å². The molecule has 25 heavy (non-hydrogen) atoms. The van der Waals surface area contributed by atoms with E-state index >= 15 is 0 Å². The van der Waals surface area contributed by atoms with E-state index in [0.29, 0.717) is 5.92 Å². The molecule has 0 saturated heterocycles. The molecule has 136 valence electrons. The molecule has 2 N–H and O–H groups in total. The SMILES string of the molecule is CC(C)CCNCc1ccc(-c2ccc(NC(=O)C(F)(F)F)cc2)s1. The van der Waals surface area contributed by atoms with Gasteiger partial charge in [-0.1, -0.05) is 26.0 Å². The maximum atomic E-state index is 12.2. The summed E-state index contributed by atoms with van der Waals surface area (Å²) < 4.78 is 36.7. The van der Waals surface area contributed by atoms with Crippen LogP contribution in [0.4, 0.5) is 18.9 Å². The zero-order valence-electron chi connectivity index (χ0n) is 14.1. The lowest BCUT2D eigenvalue weighted by molar-refractivity contribution is -0.167. The van der Waals surface area contributed by atoms with Gasteiger partial charge in [0.15, 0.2) is 0 Å². The van der Waals surface area contributed by atoms with Gasteiger partial charge in [0, 0.05) is 22.0 Å². The van der Waals surface area contributed by atoms with Crippen LogP contribution in [-0.2, 0) is 11.3 Å². The number of thiophene rings is 1. The first-order valence-electron chi connectivity index (χ1n) is 8.03. The molecule has 0 fully saturated rings. The van der Waals surface area contributed by atoms with Gasteiger partial charge in [0.05, 0.1) is 0 Å². The van der Waals surface area contributed by atoms with Crippen LogP contribution in [0.15, 0.2) is 36.4 Å². The molecule has 0 spiro atoms. The van der Waals surface area contributed by atoms with E-state index in [9.17, 15) is 18.0 Å². The van der Waals surface area contributed by atoms with Crippen molar-refractivity contribution in [2.24, 2.45) is 5.92 Å². The number of rotatable bonds is 7. The van der Waals surface area contributed by atoms with Gasteiger partial charge >= 0.3 is 12.1 Å². The Morgan fingerprint density at radius 3 is 2.40 bits per heavy atom. The molecule has 1 amide bonds. The number of nitrogens with one attached hydrogen (secondary N) is 2. The minimum atomic E-state index is -4.89. The predicted molar refractivity (Wildman–Crippen MR) is 95.6 cm³/mol. The highest BCUT2D eigenvalue weighted by Crippen LogP contribution is 2.29. The molecule has 0 aliphatic heterocycles. The number of hydrogen-bond acceptors (Lipinski definition) is 3. The van der Waals surface area contributed by atoms with E-state index in [1.54, 1.807) is 23.5 Å². The monoisotopic (exact) mass is 370 g/mol. The van der Waals surface area contributed by atoms with Crippen molar-refractivity contribution < 1.29 is 18.0 Å². The van der Waals surface area contributed by atoms with E-state index in [4.69, 9.17) is 0 Å². The maximum absolute atomic E-state index is 12.2. The van der Waals surface area contributed by atoms with Gasteiger partial charge in [0.2, 0.25) is 0 Å². The Bertz CT molecular complexity index is 693. The van der Waals surface area contributed by atoms with Gasteiger partial charge in [-0.25, -0.2) is 0 Å². The third-order valence-electron chi connectivity index (χ3n) is 3.54. The summed E-state index contributed by atoms with van der Waals surface area (Å²) >= 11 is 1.64. The zero-order valence-corrected chi connectivity index (χ0v) is 14.9. The lowest BCUT2D eigenvalue weighted by atomic mass is 10.1. The van der Waals surface area contributed by atoms with Gasteiger partial charge in [-0.05, 0) is 48.7 Å². The van der Waals surface area contributed by atoms with Crippen LogP contribution in [0, 0.1) is 5.92 Å². The lowest BCUT2D eigenvalue weighted by Crippen LogP contribution is -2.29. The van der Waals surface area contributed by atoms with E-state index in [2.05, 4.69) is 19.2 Å². The van der Waals surface area contributed by atoms with Gasteiger partial charge < -0.3 is 10.6 Å². The van der Waals surface area contributed by atoms with Gasteiger partial charge in [-0.15, -0.1) is 11.3 Å². The van der Waals surface area contributed by atoms with Gasteiger partial charge in [-0.2, -0.15) is 13.2 Å². The number of amides is 1. The van der Waals surface area contributed by atoms with Crippen molar-refractivity contribution in [2.75, 3.05) is 11.9 Å². The highest BCUT2D eigenvalue weighted by Gasteiger charge is 2.38. The predicted octanol–water partition coefficient (Wildman–Crippen LogP) is 5.05. The second-order valence-electron chi connectivity index (χ2n) is 6.15. The Labute approximate surface area is 149 Å². The van der Waals surface area contributed by atoms with Crippen LogP contribution in [0.2, 0.25) is 0 Å². The third kappa shape index (κ3) is 6.17. The second kappa shape index (κ2) is 8.49. The standard InChI is InChI=1S/C18H21F3N2OS/c1-12(2)9-10-22-11-15-7-8-16(25-15)13-3-5-14(6-4-13)23-17(24)18(19,20)21/h3-8,12,22H,9-11H2,1-2H3,(H,23,24). The van der Waals surface area contributed by atoms with E-state index in [-0.39, 0.29) is 5.69 Å². The summed E-state index contributed by atoms with van der Waals surface area (Å²) in [4.78, 5) is 13.2. The molecule has 3 nitrogen and oxygen atoms in total. The average Bonchev–Trinajstić information content (AvgIpc) is 3.00. The molecule has 0 unspecified atom stereocenters. The van der Waals surface area contributed by atoms with Crippen molar-refractivity contribution in [2.45, 2.75) is 33.0 Å². The Hall–Kier alpha value is -1.86. The molecule has 0 bridgehead atoms. The summed E-state index contributed by atoms with van der Waals surface area (Å²) in [6.45, 7) is 6.15. The summed E-state index contributed by atoms with van der Waals surface area (Å²) in [6, 6.07) is 10.4. The molecule has 7 heteroatoms. The van der Waals surface area contributed by atoms with E-state index in [0.717, 1.165) is 30.0 Å². The molecule has 1 heterocycles. The van der Waals surface area contributed by atoms with Crippen LogP contribution in [0.1, 0.15) is 25.1 Å². The topological polar surface area (TPSA) is 41.1 Å². The molecule has 1 aromatic heterocycles. The number of benzene rings is 1. The second-order valence-corrected chi connectivity index (χ2v) is 7.32. The summed E-state index contributed by atoms with van der Waals surface area (Å²) in [6.07, 6.45) is -3.76. The molecule has 2 rings (SSSR count). The number of alkyl halides is 3. The number of hydrogen-bond donors (Lipinski definition) is 2. The van der Waals surface area contributed by atoms with Crippen molar-refractivity contribution in [3.63, 3.8) is 0 Å². The highest BCUT2D eigenvalue weighted by molar-refractivity contribution is 7.15. The number of carbonyl (C=O) groups is 1. The highest BCUT2D eigenvalue weighted by atomic mass is 32.1. The Morgan fingerprint density at radius 1 is 1.12 bits per heavy atom. The fourth-order valence-electron chi connectivity index (χ4n) is 2.15. The molecule has 0 aliphatic carbocycles. The Kier molecular flexibility index (Phi) is 6.61. The first-order chi connectivity index (χ1) is 11.8. The van der Waals surface area contributed by atoms with Crippen molar-refractivity contribution in [1.29, 1.82) is 0 Å². The summed E-state index contributed by atoms with van der Waals surface area (Å²) in [5, 5.41) is 5.24. The smallest absolute Gasteiger partial charge is 0.318 e. The van der Waals surface area contributed by atoms with Crippen LogP contribution in [0.3, 0.4) is 0 Å². The van der Waals surface area contributed by atoms with Gasteiger partial charge in [0.25, 0.3) is 0 Å². The number of carbonyl (C=O) groups excluding carboxylic acids is 1. The molecule has 0 aliphatic rings. The lowest BCUT2D eigenvalue weighted by Gasteiger charge is -2.08. The fourth-order valence-corrected chi connectivity index (χ4v) is 3.13. The minimum absolute atomic E-state index is 0.123. The normalized spacial score (nSPS) is 11.8. The molecule has 2 aromatic rings. The third-order valence-corrected chi connectivity index (χ3v) is 4.68. The summed E-state index contributed by atoms with van der Waals surface area (Å²) in [7, 11) is 0. The Morgan fingerprint density at radius 2 is 1.80 bits per heavy atom. The van der Waals surface area contributed by atoms with E-state index < -0.39 is 12.1 Å². The van der Waals surface area contributed by atoms with Crippen molar-refractivity contribution in [3.8, 4) is 10.4 Å². The van der Waals surface area contributed by atoms with Gasteiger partial charge in [-0.3, -0.25) is 4.79 Å². The molecule has 0 saturated carbocycles. The van der Waals surface area contributed by atoms with Crippen molar-refractivity contribution in [3.05, 3.63) is 41.3 Å². The van der Waals surface area contributed by atoms with Crippen LogP contribution in [-0.4, -0.2) is 18.6 Å². The summed E-state index contributed by atoms with van der Waals surface area (Å²) in [5.41, 5.74) is 1.03. The van der Waals surface area contributed by atoms with Crippen LogP contribution < -0.4 is 10.6 Å². The van der Waals surface area contributed by atoms with Crippen molar-refractivity contribution in [1.82, 2.24) is 5.32 Å².